The number of nitrogens with zero attached hydrogens (tertiary/aromatic N) is 3. The van der Waals surface area contributed by atoms with Gasteiger partial charge in [0, 0.05) is 10.9 Å². The Labute approximate surface area is 158 Å². The van der Waals surface area contributed by atoms with Gasteiger partial charge in [0.05, 0.1) is 6.67 Å². The predicted molar refractivity (Wildman–Crippen MR) is 102 cm³/mol. The number of hydrogen-bond donors (Lipinski definition) is 0. The Bertz CT molecular complexity index is 756. The van der Waals surface area contributed by atoms with Crippen LogP contribution in [0.3, 0.4) is 0 Å². The van der Waals surface area contributed by atoms with Crippen LogP contribution in [0, 0.1) is 4.84 Å². The van der Waals surface area contributed by atoms with E-state index in [1.54, 1.807) is 0 Å². The van der Waals surface area contributed by atoms with E-state index >= 15 is 0 Å². The van der Waals surface area contributed by atoms with E-state index in [0.29, 0.717) is 16.7 Å². The number of aromatic nitrogens is 2. The van der Waals surface area contributed by atoms with Crippen molar-refractivity contribution < 1.29 is 4.42 Å². The molecule has 1 saturated carbocycles. The topological polar surface area (TPSA) is 34.2 Å². The Morgan fingerprint density at radius 3 is 2.36 bits per heavy atom. The van der Waals surface area contributed by atoms with Gasteiger partial charge in [-0.1, -0.05) is 23.7 Å². The highest BCUT2D eigenvalue weighted by Gasteiger charge is 2.27. The molecule has 25 heavy (non-hydrogen) atoms. The molecule has 2 aromatic rings. The minimum Gasteiger partial charge on any atom is -0.414 e. The third-order valence-corrected chi connectivity index (χ3v) is 6.12. The lowest BCUT2D eigenvalue weighted by molar-refractivity contribution is 0.249. The molecule has 0 atom stereocenters. The fraction of sp³-hybridized carbons (Fsp3) is 0.579. The van der Waals surface area contributed by atoms with Crippen LogP contribution in [0.2, 0.25) is 5.02 Å². The molecular formula is C19H24ClN3OS. The SMILES string of the molecule is S=c1oc(C2CCC(c3ccc(Cl)cc3)CC2)nn1CN1CCCC1. The number of rotatable bonds is 4. The van der Waals surface area contributed by atoms with Gasteiger partial charge >= 0.3 is 0 Å². The van der Waals surface area contributed by atoms with Gasteiger partial charge in [0.2, 0.25) is 5.89 Å². The third kappa shape index (κ3) is 3.99. The zero-order valence-corrected chi connectivity index (χ0v) is 15.9. The van der Waals surface area contributed by atoms with E-state index in [4.69, 9.17) is 33.3 Å². The quantitative estimate of drug-likeness (QED) is 0.672. The van der Waals surface area contributed by atoms with Crippen molar-refractivity contribution in [2.45, 2.75) is 57.0 Å². The van der Waals surface area contributed by atoms with Crippen LogP contribution in [0.1, 0.15) is 61.8 Å². The van der Waals surface area contributed by atoms with Crippen LogP contribution in [-0.2, 0) is 6.67 Å². The maximum atomic E-state index is 6.00. The van der Waals surface area contributed by atoms with E-state index in [9.17, 15) is 0 Å². The van der Waals surface area contributed by atoms with Gasteiger partial charge in [-0.3, -0.25) is 4.90 Å². The molecule has 4 rings (SSSR count). The molecule has 2 aliphatic rings. The largest absolute Gasteiger partial charge is 0.414 e. The molecule has 1 aliphatic heterocycles. The van der Waals surface area contributed by atoms with Gasteiger partial charge in [0.15, 0.2) is 0 Å². The van der Waals surface area contributed by atoms with Gasteiger partial charge < -0.3 is 4.42 Å². The standard InChI is InChI=1S/C19H24ClN3OS/c20-17-9-7-15(8-10-17)14-3-5-16(6-4-14)18-21-23(19(25)24-18)13-22-11-1-2-12-22/h7-10,14,16H,1-6,11-13H2. The lowest BCUT2D eigenvalue weighted by Crippen LogP contribution is -2.23. The van der Waals surface area contributed by atoms with E-state index in [1.807, 2.05) is 16.8 Å². The summed E-state index contributed by atoms with van der Waals surface area (Å²) in [5, 5.41) is 5.50. The third-order valence-electron chi connectivity index (χ3n) is 5.57. The van der Waals surface area contributed by atoms with Crippen molar-refractivity contribution in [3.05, 3.63) is 45.6 Å². The summed E-state index contributed by atoms with van der Waals surface area (Å²) < 4.78 is 7.71. The first-order valence-electron chi connectivity index (χ1n) is 9.25. The summed E-state index contributed by atoms with van der Waals surface area (Å²) in [5.74, 6) is 1.84. The monoisotopic (exact) mass is 377 g/mol. The highest BCUT2D eigenvalue weighted by atomic mass is 35.5. The maximum absolute atomic E-state index is 6.00. The summed E-state index contributed by atoms with van der Waals surface area (Å²) in [4.78, 5) is 2.90. The molecule has 1 saturated heterocycles. The normalized spacial score (nSPS) is 24.7. The Morgan fingerprint density at radius 2 is 1.68 bits per heavy atom. The molecule has 0 amide bonds. The number of benzene rings is 1. The second-order valence-corrected chi connectivity index (χ2v) is 8.06. The molecule has 0 N–H and O–H groups in total. The van der Waals surface area contributed by atoms with E-state index in [1.165, 1.54) is 18.4 Å². The first kappa shape index (κ1) is 17.3. The smallest absolute Gasteiger partial charge is 0.288 e. The molecule has 4 nitrogen and oxygen atoms in total. The summed E-state index contributed by atoms with van der Waals surface area (Å²) in [6.45, 7) is 3.04. The molecule has 1 aromatic carbocycles. The molecule has 2 fully saturated rings. The van der Waals surface area contributed by atoms with Crippen molar-refractivity contribution in [2.24, 2.45) is 0 Å². The first-order chi connectivity index (χ1) is 12.2. The van der Waals surface area contributed by atoms with Crippen molar-refractivity contribution in [2.75, 3.05) is 13.1 Å². The van der Waals surface area contributed by atoms with Crippen molar-refractivity contribution in [1.82, 2.24) is 14.7 Å². The second kappa shape index (κ2) is 7.60. The van der Waals surface area contributed by atoms with Crippen LogP contribution < -0.4 is 0 Å². The molecule has 0 bridgehead atoms. The Balaban J connectivity index is 1.39. The minimum absolute atomic E-state index is 0.394. The average molecular weight is 378 g/mol. The molecule has 6 heteroatoms. The summed E-state index contributed by atoms with van der Waals surface area (Å²) in [5.41, 5.74) is 1.39. The summed E-state index contributed by atoms with van der Waals surface area (Å²) in [6.07, 6.45) is 7.07. The van der Waals surface area contributed by atoms with Crippen LogP contribution in [0.5, 0.6) is 0 Å². The van der Waals surface area contributed by atoms with Crippen molar-refractivity contribution in [3.8, 4) is 0 Å². The van der Waals surface area contributed by atoms with Crippen LogP contribution >= 0.6 is 23.8 Å². The van der Waals surface area contributed by atoms with Crippen LogP contribution in [0.25, 0.3) is 0 Å². The van der Waals surface area contributed by atoms with Crippen LogP contribution in [0.4, 0.5) is 0 Å². The lowest BCUT2D eigenvalue weighted by Gasteiger charge is -2.26. The predicted octanol–water partition coefficient (Wildman–Crippen LogP) is 5.35. The van der Waals surface area contributed by atoms with Crippen molar-refractivity contribution in [3.63, 3.8) is 0 Å². The van der Waals surface area contributed by atoms with E-state index < -0.39 is 0 Å². The van der Waals surface area contributed by atoms with Gasteiger partial charge in [0.25, 0.3) is 4.84 Å². The molecular weight excluding hydrogens is 354 g/mol. The molecule has 1 aliphatic carbocycles. The number of likely N-dealkylation sites (tertiary alicyclic amines) is 1. The molecule has 134 valence electrons. The average Bonchev–Trinajstić information content (AvgIpc) is 3.27. The highest BCUT2D eigenvalue weighted by Crippen LogP contribution is 2.40. The summed E-state index contributed by atoms with van der Waals surface area (Å²) >= 11 is 11.4. The van der Waals surface area contributed by atoms with Gasteiger partial charge in [-0.2, -0.15) is 0 Å². The van der Waals surface area contributed by atoms with Gasteiger partial charge in [-0.25, -0.2) is 4.68 Å². The zero-order chi connectivity index (χ0) is 17.2. The highest BCUT2D eigenvalue weighted by molar-refractivity contribution is 7.71. The molecule has 0 spiro atoms. The van der Waals surface area contributed by atoms with Crippen LogP contribution in [0.15, 0.2) is 28.7 Å². The minimum atomic E-state index is 0.394. The van der Waals surface area contributed by atoms with Gasteiger partial charge in [-0.05, 0) is 87.4 Å². The van der Waals surface area contributed by atoms with E-state index in [0.717, 1.165) is 56.4 Å². The maximum Gasteiger partial charge on any atom is 0.288 e. The molecule has 0 unspecified atom stereocenters. The summed E-state index contributed by atoms with van der Waals surface area (Å²) in [6, 6.07) is 8.29. The fourth-order valence-electron chi connectivity index (χ4n) is 4.10. The Morgan fingerprint density at radius 1 is 1.04 bits per heavy atom. The second-order valence-electron chi connectivity index (χ2n) is 7.27. The molecule has 0 radical (unpaired) electrons. The number of halogens is 1. The lowest BCUT2D eigenvalue weighted by atomic mass is 9.79. The number of hydrogen-bond acceptors (Lipinski definition) is 4. The molecule has 2 heterocycles. The van der Waals surface area contributed by atoms with Crippen LogP contribution in [-0.4, -0.2) is 27.8 Å². The Kier molecular flexibility index (Phi) is 5.25. The van der Waals surface area contributed by atoms with E-state index in [-0.39, 0.29) is 0 Å². The van der Waals surface area contributed by atoms with Gasteiger partial charge in [-0.15, -0.1) is 5.10 Å². The van der Waals surface area contributed by atoms with Gasteiger partial charge in [0.1, 0.15) is 0 Å². The van der Waals surface area contributed by atoms with Crippen molar-refractivity contribution in [1.29, 1.82) is 0 Å². The van der Waals surface area contributed by atoms with E-state index in [2.05, 4.69) is 17.0 Å². The van der Waals surface area contributed by atoms with Crippen molar-refractivity contribution >= 4 is 23.8 Å². The Hall–Kier alpha value is -1.17. The first-order valence-corrected chi connectivity index (χ1v) is 10.0. The fourth-order valence-corrected chi connectivity index (χ4v) is 4.41. The zero-order valence-electron chi connectivity index (χ0n) is 14.4. The molecule has 1 aromatic heterocycles. The summed E-state index contributed by atoms with van der Waals surface area (Å²) in [7, 11) is 0.